The fourth-order valence-electron chi connectivity index (χ4n) is 2.36. The molecule has 0 radical (unpaired) electrons. The second-order valence-corrected chi connectivity index (χ2v) is 5.00. The van der Waals surface area contributed by atoms with Crippen LogP contribution in [0.1, 0.15) is 12.2 Å². The average Bonchev–Trinajstić information content (AvgIpc) is 2.82. The fourth-order valence-corrected chi connectivity index (χ4v) is 2.36. The van der Waals surface area contributed by atoms with E-state index in [0.717, 1.165) is 31.2 Å². The van der Waals surface area contributed by atoms with Crippen LogP contribution in [0, 0.1) is 0 Å². The third kappa shape index (κ3) is 3.17. The van der Waals surface area contributed by atoms with Crippen molar-refractivity contribution in [3.63, 3.8) is 0 Å². The zero-order chi connectivity index (χ0) is 13.0. The van der Waals surface area contributed by atoms with Gasteiger partial charge in [-0.2, -0.15) is 0 Å². The Hall–Kier alpha value is -1.20. The maximum Gasteiger partial charge on any atom is 0.132 e. The van der Waals surface area contributed by atoms with Gasteiger partial charge in [-0.15, -0.1) is 0 Å². The normalized spacial score (nSPS) is 20.3. The summed E-state index contributed by atoms with van der Waals surface area (Å²) in [5.74, 6) is 1.96. The lowest BCUT2D eigenvalue weighted by atomic mass is 10.2. The molecule has 1 aliphatic rings. The van der Waals surface area contributed by atoms with Crippen molar-refractivity contribution < 1.29 is 0 Å². The lowest BCUT2D eigenvalue weighted by molar-refractivity contribution is 0.409. The van der Waals surface area contributed by atoms with Crippen molar-refractivity contribution in [2.45, 2.75) is 18.9 Å². The van der Waals surface area contributed by atoms with Crippen LogP contribution in [0.4, 0.5) is 5.82 Å². The monoisotopic (exact) mass is 249 g/mol. The van der Waals surface area contributed by atoms with E-state index >= 15 is 0 Å². The van der Waals surface area contributed by atoms with E-state index in [9.17, 15) is 0 Å². The summed E-state index contributed by atoms with van der Waals surface area (Å²) in [4.78, 5) is 13.6. The number of hydrogen-bond donors (Lipinski definition) is 1. The van der Waals surface area contributed by atoms with E-state index in [0.29, 0.717) is 6.04 Å². The fraction of sp³-hybridized carbons (Fsp3) is 0.692. The molecule has 2 heterocycles. The van der Waals surface area contributed by atoms with E-state index in [2.05, 4.69) is 39.2 Å². The van der Waals surface area contributed by atoms with E-state index in [1.807, 2.05) is 19.3 Å². The second kappa shape index (κ2) is 6.11. The van der Waals surface area contributed by atoms with Crippen LogP contribution in [0.2, 0.25) is 0 Å². The quantitative estimate of drug-likeness (QED) is 0.817. The number of likely N-dealkylation sites (N-methyl/N-ethyl adjacent to an activating group) is 3. The molecule has 1 atom stereocenters. The Kier molecular flexibility index (Phi) is 4.49. The van der Waals surface area contributed by atoms with Gasteiger partial charge in [0.15, 0.2) is 0 Å². The maximum absolute atomic E-state index is 4.64. The molecule has 0 bridgehead atoms. The number of rotatable bonds is 5. The molecule has 0 saturated carbocycles. The Labute approximate surface area is 109 Å². The van der Waals surface area contributed by atoms with Crippen LogP contribution in [0.5, 0.6) is 0 Å². The number of aromatic nitrogens is 2. The van der Waals surface area contributed by atoms with Crippen molar-refractivity contribution in [2.75, 3.05) is 45.7 Å². The van der Waals surface area contributed by atoms with Gasteiger partial charge in [-0.1, -0.05) is 0 Å². The summed E-state index contributed by atoms with van der Waals surface area (Å²) >= 11 is 0. The minimum absolute atomic E-state index is 0.571. The third-order valence-electron chi connectivity index (χ3n) is 3.56. The van der Waals surface area contributed by atoms with Gasteiger partial charge in [-0.25, -0.2) is 9.97 Å². The van der Waals surface area contributed by atoms with Crippen LogP contribution in [-0.4, -0.2) is 61.7 Å². The summed E-state index contributed by atoms with van der Waals surface area (Å²) in [6.45, 7) is 3.21. The van der Waals surface area contributed by atoms with E-state index < -0.39 is 0 Å². The Bertz CT molecular complexity index is 381. The predicted octanol–water partition coefficient (Wildman–Crippen LogP) is 0.379. The molecule has 0 aromatic carbocycles. The standard InChI is InChI=1S/C13H23N5/c1-14-7-4-12-15-8-5-13(16-12)18(3)11-6-9-17(2)10-11/h5,8,11,14H,4,6-7,9-10H2,1-3H3. The summed E-state index contributed by atoms with van der Waals surface area (Å²) in [6.07, 6.45) is 3.95. The molecule has 1 aromatic heterocycles. The van der Waals surface area contributed by atoms with Gasteiger partial charge < -0.3 is 15.1 Å². The molecule has 1 unspecified atom stereocenters. The smallest absolute Gasteiger partial charge is 0.132 e. The molecule has 5 nitrogen and oxygen atoms in total. The SMILES string of the molecule is CNCCc1nccc(N(C)C2CCN(C)C2)n1. The van der Waals surface area contributed by atoms with E-state index in [1.54, 1.807) is 0 Å². The van der Waals surface area contributed by atoms with Crippen LogP contribution >= 0.6 is 0 Å². The highest BCUT2D eigenvalue weighted by Crippen LogP contribution is 2.18. The second-order valence-electron chi connectivity index (χ2n) is 5.00. The minimum Gasteiger partial charge on any atom is -0.355 e. The first-order chi connectivity index (χ1) is 8.70. The van der Waals surface area contributed by atoms with Crippen molar-refractivity contribution in [1.29, 1.82) is 0 Å². The number of nitrogens with one attached hydrogen (secondary N) is 1. The lowest BCUT2D eigenvalue weighted by Crippen LogP contribution is -2.34. The molecule has 0 amide bonds. The largest absolute Gasteiger partial charge is 0.355 e. The Morgan fingerprint density at radius 3 is 3.06 bits per heavy atom. The van der Waals surface area contributed by atoms with Gasteiger partial charge in [-0.05, 0) is 33.1 Å². The van der Waals surface area contributed by atoms with Crippen molar-refractivity contribution in [1.82, 2.24) is 20.2 Å². The highest BCUT2D eigenvalue weighted by atomic mass is 15.3. The number of anilines is 1. The van der Waals surface area contributed by atoms with E-state index in [1.165, 1.54) is 13.0 Å². The minimum atomic E-state index is 0.571. The molecule has 1 saturated heterocycles. The topological polar surface area (TPSA) is 44.3 Å². The Morgan fingerprint density at radius 1 is 1.56 bits per heavy atom. The molecule has 0 aliphatic carbocycles. The van der Waals surface area contributed by atoms with Gasteiger partial charge in [0.05, 0.1) is 0 Å². The van der Waals surface area contributed by atoms with Gasteiger partial charge in [0.1, 0.15) is 11.6 Å². The first-order valence-electron chi connectivity index (χ1n) is 6.58. The summed E-state index contributed by atoms with van der Waals surface area (Å²) < 4.78 is 0. The molecule has 18 heavy (non-hydrogen) atoms. The van der Waals surface area contributed by atoms with Crippen molar-refractivity contribution in [3.05, 3.63) is 18.1 Å². The van der Waals surface area contributed by atoms with Gasteiger partial charge >= 0.3 is 0 Å². The lowest BCUT2D eigenvalue weighted by Gasteiger charge is -2.25. The van der Waals surface area contributed by atoms with Crippen LogP contribution in [0.3, 0.4) is 0 Å². The van der Waals surface area contributed by atoms with Crippen LogP contribution in [0.25, 0.3) is 0 Å². The molecule has 1 aliphatic heterocycles. The van der Waals surface area contributed by atoms with Gasteiger partial charge in [0.25, 0.3) is 0 Å². The van der Waals surface area contributed by atoms with Gasteiger partial charge in [0, 0.05) is 38.8 Å². The summed E-state index contributed by atoms with van der Waals surface area (Å²) in [5.41, 5.74) is 0. The van der Waals surface area contributed by atoms with Crippen LogP contribution < -0.4 is 10.2 Å². The zero-order valence-electron chi connectivity index (χ0n) is 11.6. The molecule has 100 valence electrons. The van der Waals surface area contributed by atoms with Gasteiger partial charge in [0.2, 0.25) is 0 Å². The summed E-state index contributed by atoms with van der Waals surface area (Å²) in [5, 5.41) is 3.13. The number of nitrogens with zero attached hydrogens (tertiary/aromatic N) is 4. The molecule has 1 fully saturated rings. The molecule has 5 heteroatoms. The average molecular weight is 249 g/mol. The summed E-state index contributed by atoms with van der Waals surface area (Å²) in [7, 11) is 6.25. The van der Waals surface area contributed by atoms with Crippen molar-refractivity contribution in [2.24, 2.45) is 0 Å². The molecule has 1 aromatic rings. The first-order valence-corrected chi connectivity index (χ1v) is 6.58. The molecule has 2 rings (SSSR count). The molecule has 0 spiro atoms. The first kappa shape index (κ1) is 13.2. The number of hydrogen-bond acceptors (Lipinski definition) is 5. The van der Waals surface area contributed by atoms with Crippen molar-refractivity contribution in [3.8, 4) is 0 Å². The van der Waals surface area contributed by atoms with Gasteiger partial charge in [-0.3, -0.25) is 0 Å². The van der Waals surface area contributed by atoms with Crippen molar-refractivity contribution >= 4 is 5.82 Å². The zero-order valence-corrected chi connectivity index (χ0v) is 11.6. The highest BCUT2D eigenvalue weighted by molar-refractivity contribution is 5.38. The van der Waals surface area contributed by atoms with E-state index in [4.69, 9.17) is 0 Å². The van der Waals surface area contributed by atoms with Crippen LogP contribution in [0.15, 0.2) is 12.3 Å². The predicted molar refractivity (Wildman–Crippen MR) is 74.0 cm³/mol. The molecule has 1 N–H and O–H groups in total. The summed E-state index contributed by atoms with van der Waals surface area (Å²) in [6, 6.07) is 2.57. The third-order valence-corrected chi connectivity index (χ3v) is 3.56. The van der Waals surface area contributed by atoms with E-state index in [-0.39, 0.29) is 0 Å². The van der Waals surface area contributed by atoms with Crippen LogP contribution in [-0.2, 0) is 6.42 Å². The number of likely N-dealkylation sites (tertiary alicyclic amines) is 1. The Morgan fingerprint density at radius 2 is 2.39 bits per heavy atom. The maximum atomic E-state index is 4.64. The Balaban J connectivity index is 2.03. The highest BCUT2D eigenvalue weighted by Gasteiger charge is 2.24. The molecular weight excluding hydrogens is 226 g/mol. The molecular formula is C13H23N5.